The number of ether oxygens (including phenoxy) is 3. The van der Waals surface area contributed by atoms with Crippen molar-refractivity contribution < 1.29 is 23.8 Å². The van der Waals surface area contributed by atoms with Crippen LogP contribution in [0.5, 0.6) is 5.75 Å². The van der Waals surface area contributed by atoms with Crippen LogP contribution in [-0.2, 0) is 14.3 Å². The lowest BCUT2D eigenvalue weighted by atomic mass is 9.72. The van der Waals surface area contributed by atoms with Gasteiger partial charge >= 0.3 is 11.9 Å². The van der Waals surface area contributed by atoms with Crippen LogP contribution < -0.4 is 10.1 Å². The van der Waals surface area contributed by atoms with Crippen molar-refractivity contribution in [3.05, 3.63) is 29.8 Å². The van der Waals surface area contributed by atoms with Crippen LogP contribution in [0.1, 0.15) is 49.9 Å². The highest BCUT2D eigenvalue weighted by molar-refractivity contribution is 5.92. The molecular weight excluding hydrogens is 346 g/mol. The quantitative estimate of drug-likeness (QED) is 0.771. The molecule has 0 radical (unpaired) electrons. The molecule has 0 aromatic heterocycles. The Bertz CT molecular complexity index is 662. The maximum absolute atomic E-state index is 12.2. The molecule has 1 heterocycles. The predicted octanol–water partition coefficient (Wildman–Crippen LogP) is 2.95. The summed E-state index contributed by atoms with van der Waals surface area (Å²) in [6.45, 7) is 5.21. The van der Waals surface area contributed by atoms with E-state index in [-0.39, 0.29) is 24.1 Å². The van der Waals surface area contributed by atoms with Gasteiger partial charge in [-0.3, -0.25) is 4.79 Å². The summed E-state index contributed by atoms with van der Waals surface area (Å²) < 4.78 is 16.5. The molecule has 0 spiro atoms. The van der Waals surface area contributed by atoms with E-state index in [9.17, 15) is 9.59 Å². The number of esters is 2. The fraction of sp³-hybridized carbons (Fsp3) is 0.619. The Morgan fingerprint density at radius 2 is 1.81 bits per heavy atom. The summed E-state index contributed by atoms with van der Waals surface area (Å²) in [5, 5.41) is 3.33. The van der Waals surface area contributed by atoms with Gasteiger partial charge in [-0.15, -0.1) is 0 Å². The van der Waals surface area contributed by atoms with Crippen molar-refractivity contribution in [3.63, 3.8) is 0 Å². The molecule has 27 heavy (non-hydrogen) atoms. The van der Waals surface area contributed by atoms with E-state index in [0.29, 0.717) is 36.4 Å². The maximum Gasteiger partial charge on any atom is 0.341 e. The average molecular weight is 375 g/mol. The second kappa shape index (κ2) is 9.22. The zero-order valence-corrected chi connectivity index (χ0v) is 16.1. The van der Waals surface area contributed by atoms with Gasteiger partial charge in [0.2, 0.25) is 0 Å². The molecule has 3 rings (SSSR count). The minimum absolute atomic E-state index is 0.0442. The van der Waals surface area contributed by atoms with E-state index in [4.69, 9.17) is 14.2 Å². The fourth-order valence-electron chi connectivity index (χ4n) is 4.18. The van der Waals surface area contributed by atoms with Crippen LogP contribution in [0.3, 0.4) is 0 Å². The lowest BCUT2D eigenvalue weighted by Crippen LogP contribution is -2.51. The number of benzene rings is 1. The Kier molecular flexibility index (Phi) is 6.72. The number of nitrogens with one attached hydrogen (secondary N) is 1. The molecule has 0 bridgehead atoms. The minimum atomic E-state index is -0.356. The van der Waals surface area contributed by atoms with E-state index in [0.717, 1.165) is 32.2 Å². The zero-order valence-electron chi connectivity index (χ0n) is 16.1. The summed E-state index contributed by atoms with van der Waals surface area (Å²) in [6, 6.07) is 7.01. The third-order valence-electron chi connectivity index (χ3n) is 5.50. The van der Waals surface area contributed by atoms with E-state index < -0.39 is 0 Å². The van der Waals surface area contributed by atoms with Crippen LogP contribution >= 0.6 is 0 Å². The molecule has 1 aromatic rings. The highest BCUT2D eigenvalue weighted by Gasteiger charge is 2.39. The van der Waals surface area contributed by atoms with Crippen LogP contribution in [0, 0.1) is 11.8 Å². The summed E-state index contributed by atoms with van der Waals surface area (Å²) >= 11 is 0. The molecule has 1 saturated heterocycles. The Hall–Kier alpha value is -2.08. The molecule has 1 aliphatic carbocycles. The SMILES string of the molecule is CCOC(=O)c1ccccc1O[C@H]1CC[C@H]2CN[C@H](C(=O)OCC)C[C@H]2C1. The number of hydrogen-bond donors (Lipinski definition) is 1. The molecule has 4 atom stereocenters. The van der Waals surface area contributed by atoms with E-state index >= 15 is 0 Å². The summed E-state index contributed by atoms with van der Waals surface area (Å²) in [6.07, 6.45) is 3.72. The Labute approximate surface area is 160 Å². The molecule has 1 aromatic carbocycles. The number of piperidine rings is 1. The topological polar surface area (TPSA) is 73.9 Å². The lowest BCUT2D eigenvalue weighted by molar-refractivity contribution is -0.147. The zero-order chi connectivity index (χ0) is 19.2. The summed E-state index contributed by atoms with van der Waals surface area (Å²) in [7, 11) is 0. The molecule has 2 fully saturated rings. The maximum atomic E-state index is 12.2. The highest BCUT2D eigenvalue weighted by atomic mass is 16.5. The van der Waals surface area contributed by atoms with Crippen LogP contribution in [0.15, 0.2) is 24.3 Å². The minimum Gasteiger partial charge on any atom is -0.490 e. The van der Waals surface area contributed by atoms with Gasteiger partial charge in [0, 0.05) is 0 Å². The first-order valence-electron chi connectivity index (χ1n) is 9.95. The van der Waals surface area contributed by atoms with Crippen LogP contribution in [0.2, 0.25) is 0 Å². The van der Waals surface area contributed by atoms with E-state index in [1.165, 1.54) is 0 Å². The van der Waals surface area contributed by atoms with Gasteiger partial charge < -0.3 is 19.5 Å². The van der Waals surface area contributed by atoms with Crippen molar-refractivity contribution in [2.75, 3.05) is 19.8 Å². The second-order valence-corrected chi connectivity index (χ2v) is 7.24. The Morgan fingerprint density at radius 3 is 2.59 bits per heavy atom. The van der Waals surface area contributed by atoms with Crippen molar-refractivity contribution in [2.45, 2.75) is 51.7 Å². The summed E-state index contributed by atoms with van der Waals surface area (Å²) in [5.41, 5.74) is 0.469. The van der Waals surface area contributed by atoms with Gasteiger partial charge in [0.15, 0.2) is 0 Å². The van der Waals surface area contributed by atoms with Crippen molar-refractivity contribution in [3.8, 4) is 5.75 Å². The van der Waals surface area contributed by atoms with Gasteiger partial charge in [-0.25, -0.2) is 4.79 Å². The van der Waals surface area contributed by atoms with Crippen molar-refractivity contribution in [1.82, 2.24) is 5.32 Å². The molecule has 6 heteroatoms. The van der Waals surface area contributed by atoms with Gasteiger partial charge in [-0.2, -0.15) is 0 Å². The number of carbonyl (C=O) groups is 2. The summed E-state index contributed by atoms with van der Waals surface area (Å²) in [5.74, 6) is 1.05. The van der Waals surface area contributed by atoms with Gasteiger partial charge in [-0.05, 0) is 70.0 Å². The fourth-order valence-corrected chi connectivity index (χ4v) is 4.18. The third-order valence-corrected chi connectivity index (χ3v) is 5.50. The van der Waals surface area contributed by atoms with Gasteiger partial charge in [0.25, 0.3) is 0 Å². The molecule has 1 N–H and O–H groups in total. The van der Waals surface area contributed by atoms with E-state index in [1.54, 1.807) is 13.0 Å². The average Bonchev–Trinajstić information content (AvgIpc) is 2.68. The van der Waals surface area contributed by atoms with Gasteiger partial charge in [0.1, 0.15) is 17.4 Å². The molecule has 0 amide bonds. The molecule has 1 saturated carbocycles. The van der Waals surface area contributed by atoms with Crippen LogP contribution in [0.4, 0.5) is 0 Å². The third kappa shape index (κ3) is 4.80. The summed E-state index contributed by atoms with van der Waals surface area (Å²) in [4.78, 5) is 24.2. The highest BCUT2D eigenvalue weighted by Crippen LogP contribution is 2.38. The van der Waals surface area contributed by atoms with Crippen molar-refractivity contribution in [2.24, 2.45) is 11.8 Å². The molecule has 148 valence electrons. The Morgan fingerprint density at radius 1 is 1.04 bits per heavy atom. The van der Waals surface area contributed by atoms with Crippen LogP contribution in [-0.4, -0.2) is 43.8 Å². The number of fused-ring (bicyclic) bond motifs is 1. The molecular formula is C21H29NO5. The number of hydrogen-bond acceptors (Lipinski definition) is 6. The second-order valence-electron chi connectivity index (χ2n) is 7.24. The van der Waals surface area contributed by atoms with Crippen molar-refractivity contribution in [1.29, 1.82) is 0 Å². The molecule has 2 aliphatic rings. The lowest BCUT2D eigenvalue weighted by Gasteiger charge is -2.41. The predicted molar refractivity (Wildman–Crippen MR) is 101 cm³/mol. The van der Waals surface area contributed by atoms with Crippen molar-refractivity contribution >= 4 is 11.9 Å². The largest absolute Gasteiger partial charge is 0.490 e. The van der Waals surface area contributed by atoms with Gasteiger partial charge in [-0.1, -0.05) is 12.1 Å². The first-order valence-corrected chi connectivity index (χ1v) is 9.95. The first-order chi connectivity index (χ1) is 13.1. The number of rotatable bonds is 6. The standard InChI is InChI=1S/C21H29NO5/c1-3-25-20(23)17-7-5-6-8-19(17)27-16-10-9-14-13-22-18(12-15(14)11-16)21(24)26-4-2/h5-8,14-16,18,22H,3-4,9-13H2,1-2H3/t14-,15+,16-,18-/m0/s1. The van der Waals surface area contributed by atoms with E-state index in [2.05, 4.69) is 5.32 Å². The molecule has 1 aliphatic heterocycles. The van der Waals surface area contributed by atoms with Gasteiger partial charge in [0.05, 0.1) is 19.3 Å². The molecule has 6 nitrogen and oxygen atoms in total. The monoisotopic (exact) mass is 375 g/mol. The number of carbonyl (C=O) groups excluding carboxylic acids is 2. The van der Waals surface area contributed by atoms with E-state index in [1.807, 2.05) is 25.1 Å². The smallest absolute Gasteiger partial charge is 0.341 e. The Balaban J connectivity index is 1.63. The first kappa shape index (κ1) is 19.7. The number of para-hydroxylation sites is 1. The normalized spacial score (nSPS) is 27.3. The molecule has 0 unspecified atom stereocenters. The van der Waals surface area contributed by atoms with Crippen LogP contribution in [0.25, 0.3) is 0 Å².